The highest BCUT2D eigenvalue weighted by molar-refractivity contribution is 9.11. The van der Waals surface area contributed by atoms with Crippen molar-refractivity contribution in [1.29, 1.82) is 0 Å². The Morgan fingerprint density at radius 2 is 2.13 bits per heavy atom. The third kappa shape index (κ3) is 1.51. The molecule has 1 aromatic rings. The highest BCUT2D eigenvalue weighted by Crippen LogP contribution is 2.36. The highest BCUT2D eigenvalue weighted by Gasteiger charge is 2.29. The molecule has 78 valence electrons. The number of hydrogen-bond acceptors (Lipinski definition) is 1. The van der Waals surface area contributed by atoms with E-state index < -0.39 is 0 Å². The Hall–Kier alpha value is -0.760. The van der Waals surface area contributed by atoms with Crippen LogP contribution in [0.3, 0.4) is 0 Å². The predicted molar refractivity (Wildman–Crippen MR) is 67.5 cm³/mol. The van der Waals surface area contributed by atoms with Gasteiger partial charge in [-0.25, -0.2) is 0 Å². The van der Waals surface area contributed by atoms with Crippen molar-refractivity contribution in [3.8, 4) is 0 Å². The third-order valence-electron chi connectivity index (χ3n) is 3.40. The zero-order chi connectivity index (χ0) is 10.3. The molecule has 2 aliphatic rings. The molecule has 2 heteroatoms. The Bertz CT molecular complexity index is 411. The molecule has 0 amide bonds. The predicted octanol–water partition coefficient (Wildman–Crippen LogP) is 3.49. The Morgan fingerprint density at radius 3 is 2.93 bits per heavy atom. The quantitative estimate of drug-likeness (QED) is 0.750. The molecule has 1 nitrogen and oxygen atoms in total. The molecule has 1 unspecified atom stereocenters. The zero-order valence-electron chi connectivity index (χ0n) is 8.62. The lowest BCUT2D eigenvalue weighted by atomic mass is 10.1. The van der Waals surface area contributed by atoms with E-state index in [9.17, 15) is 0 Å². The van der Waals surface area contributed by atoms with Crippen LogP contribution in [-0.2, 0) is 6.42 Å². The molecular formula is C13H14BrN. The summed E-state index contributed by atoms with van der Waals surface area (Å²) in [6.07, 6.45) is 5.98. The van der Waals surface area contributed by atoms with Crippen LogP contribution >= 0.6 is 15.9 Å². The number of allylic oxidation sites excluding steroid dienone is 1. The van der Waals surface area contributed by atoms with Crippen molar-refractivity contribution >= 4 is 21.6 Å². The number of nitrogens with zero attached hydrogens (tertiary/aromatic N) is 1. The lowest BCUT2D eigenvalue weighted by Gasteiger charge is -2.27. The summed E-state index contributed by atoms with van der Waals surface area (Å²) in [5.41, 5.74) is 2.94. The van der Waals surface area contributed by atoms with Gasteiger partial charge in [0.05, 0.1) is 6.04 Å². The third-order valence-corrected chi connectivity index (χ3v) is 4.25. The molecule has 1 aliphatic carbocycles. The molecule has 0 bridgehead atoms. The fourth-order valence-electron chi connectivity index (χ4n) is 2.65. The van der Waals surface area contributed by atoms with E-state index in [1.54, 1.807) is 0 Å². The van der Waals surface area contributed by atoms with E-state index in [0.717, 1.165) is 0 Å². The molecule has 1 aromatic carbocycles. The summed E-state index contributed by atoms with van der Waals surface area (Å²) in [6.45, 7) is 1.17. The number of fused-ring (bicyclic) bond motifs is 1. The van der Waals surface area contributed by atoms with Crippen molar-refractivity contribution in [2.45, 2.75) is 25.3 Å². The maximum atomic E-state index is 3.69. The van der Waals surface area contributed by atoms with E-state index in [4.69, 9.17) is 0 Å². The van der Waals surface area contributed by atoms with Gasteiger partial charge in [0, 0.05) is 16.7 Å². The number of hydrogen-bond donors (Lipinski definition) is 0. The lowest BCUT2D eigenvalue weighted by molar-refractivity contribution is 0.685. The molecule has 0 fully saturated rings. The fraction of sp³-hybridized carbons (Fsp3) is 0.385. The number of anilines is 1. The molecule has 0 aromatic heterocycles. The van der Waals surface area contributed by atoms with Gasteiger partial charge in [0.2, 0.25) is 0 Å². The van der Waals surface area contributed by atoms with Crippen LogP contribution in [0, 0.1) is 0 Å². The van der Waals surface area contributed by atoms with Crippen LogP contribution in [0.15, 0.2) is 34.8 Å². The van der Waals surface area contributed by atoms with Gasteiger partial charge in [-0.05, 0) is 30.9 Å². The van der Waals surface area contributed by atoms with E-state index in [2.05, 4.69) is 51.2 Å². The Labute approximate surface area is 98.9 Å². The van der Waals surface area contributed by atoms with Crippen LogP contribution in [-0.4, -0.2) is 12.6 Å². The molecule has 1 aliphatic heterocycles. The first kappa shape index (κ1) is 9.46. The topological polar surface area (TPSA) is 3.24 Å². The Morgan fingerprint density at radius 1 is 1.27 bits per heavy atom. The molecule has 0 radical (unpaired) electrons. The first-order valence-corrected chi connectivity index (χ1v) is 6.35. The van der Waals surface area contributed by atoms with Gasteiger partial charge < -0.3 is 4.90 Å². The smallest absolute Gasteiger partial charge is 0.0607 e. The van der Waals surface area contributed by atoms with E-state index in [1.165, 1.54) is 41.5 Å². The normalized spacial score (nSPS) is 24.2. The first-order valence-electron chi connectivity index (χ1n) is 5.56. The van der Waals surface area contributed by atoms with Crippen molar-refractivity contribution in [1.82, 2.24) is 0 Å². The van der Waals surface area contributed by atoms with Crippen LogP contribution in [0.5, 0.6) is 0 Å². The molecule has 0 saturated heterocycles. The number of halogens is 1. The summed E-state index contributed by atoms with van der Waals surface area (Å²) in [4.78, 5) is 2.54. The van der Waals surface area contributed by atoms with Crippen LogP contribution in [0.1, 0.15) is 18.4 Å². The van der Waals surface area contributed by atoms with Crippen LogP contribution in [0.2, 0.25) is 0 Å². The Kier molecular flexibility index (Phi) is 2.32. The number of benzene rings is 1. The van der Waals surface area contributed by atoms with Gasteiger partial charge in [0.25, 0.3) is 0 Å². The van der Waals surface area contributed by atoms with Gasteiger partial charge in [0.1, 0.15) is 0 Å². The van der Waals surface area contributed by atoms with Crippen molar-refractivity contribution in [2.75, 3.05) is 11.4 Å². The monoisotopic (exact) mass is 263 g/mol. The second-order valence-electron chi connectivity index (χ2n) is 4.25. The molecule has 0 saturated carbocycles. The Balaban J connectivity index is 1.94. The number of para-hydroxylation sites is 1. The average Bonchev–Trinajstić information content (AvgIpc) is 2.83. The average molecular weight is 264 g/mol. The fourth-order valence-corrected chi connectivity index (χ4v) is 3.35. The van der Waals surface area contributed by atoms with Crippen molar-refractivity contribution < 1.29 is 0 Å². The van der Waals surface area contributed by atoms with Gasteiger partial charge in [-0.1, -0.05) is 40.2 Å². The molecule has 0 spiro atoms. The second-order valence-corrected chi connectivity index (χ2v) is 5.17. The van der Waals surface area contributed by atoms with Crippen LogP contribution in [0.4, 0.5) is 5.69 Å². The second kappa shape index (κ2) is 3.67. The van der Waals surface area contributed by atoms with Gasteiger partial charge in [-0.3, -0.25) is 0 Å². The summed E-state index contributed by atoms with van der Waals surface area (Å²) in [6, 6.07) is 9.38. The van der Waals surface area contributed by atoms with Crippen molar-refractivity contribution in [3.63, 3.8) is 0 Å². The molecular weight excluding hydrogens is 250 g/mol. The lowest BCUT2D eigenvalue weighted by Crippen LogP contribution is -2.32. The highest BCUT2D eigenvalue weighted by atomic mass is 79.9. The standard InChI is InChI=1S/C13H14BrN/c14-11-5-3-7-13(11)15-9-8-10-4-1-2-6-12(10)15/h1-2,4-6,13H,3,7-9H2. The van der Waals surface area contributed by atoms with E-state index in [0.29, 0.717) is 6.04 Å². The summed E-state index contributed by atoms with van der Waals surface area (Å²) in [5, 5.41) is 0. The van der Waals surface area contributed by atoms with E-state index >= 15 is 0 Å². The van der Waals surface area contributed by atoms with Crippen LogP contribution < -0.4 is 4.90 Å². The maximum absolute atomic E-state index is 3.69. The summed E-state index contributed by atoms with van der Waals surface area (Å²) in [5.74, 6) is 0. The van der Waals surface area contributed by atoms with Gasteiger partial charge >= 0.3 is 0 Å². The molecule has 15 heavy (non-hydrogen) atoms. The summed E-state index contributed by atoms with van der Waals surface area (Å²) >= 11 is 3.69. The number of rotatable bonds is 1. The summed E-state index contributed by atoms with van der Waals surface area (Å²) in [7, 11) is 0. The largest absolute Gasteiger partial charge is 0.363 e. The van der Waals surface area contributed by atoms with Gasteiger partial charge in [-0.15, -0.1) is 0 Å². The van der Waals surface area contributed by atoms with Crippen molar-refractivity contribution in [3.05, 3.63) is 40.4 Å². The summed E-state index contributed by atoms with van der Waals surface area (Å²) < 4.78 is 1.37. The van der Waals surface area contributed by atoms with Crippen LogP contribution in [0.25, 0.3) is 0 Å². The van der Waals surface area contributed by atoms with E-state index in [1.807, 2.05) is 0 Å². The molecule has 0 N–H and O–H groups in total. The van der Waals surface area contributed by atoms with Gasteiger partial charge in [0.15, 0.2) is 0 Å². The zero-order valence-corrected chi connectivity index (χ0v) is 10.2. The minimum Gasteiger partial charge on any atom is -0.363 e. The first-order chi connectivity index (χ1) is 7.36. The van der Waals surface area contributed by atoms with E-state index in [-0.39, 0.29) is 0 Å². The maximum Gasteiger partial charge on any atom is 0.0607 e. The van der Waals surface area contributed by atoms with Gasteiger partial charge in [-0.2, -0.15) is 0 Å². The molecule has 3 rings (SSSR count). The SMILES string of the molecule is BrC1=CCCC1N1CCc2ccccc21. The minimum absolute atomic E-state index is 0.591. The molecule has 1 atom stereocenters. The minimum atomic E-state index is 0.591. The molecule has 1 heterocycles. The van der Waals surface area contributed by atoms with Crippen molar-refractivity contribution in [2.24, 2.45) is 0 Å².